The molecule has 0 aromatic heterocycles. The molecule has 0 N–H and O–H groups in total. The van der Waals surface area contributed by atoms with Gasteiger partial charge in [-0.05, 0) is 5.41 Å². The predicted octanol–water partition coefficient (Wildman–Crippen LogP) is 3.54. The third kappa shape index (κ3) is 9.53. The maximum absolute atomic E-state index is 11.6. The highest BCUT2D eigenvalue weighted by Crippen LogP contribution is 2.22. The monoisotopic (exact) mass is 166 g/mol. The van der Waals surface area contributed by atoms with Crippen LogP contribution in [-0.2, 0) is 0 Å². The zero-order valence-electron chi connectivity index (χ0n) is 7.00. The van der Waals surface area contributed by atoms with Crippen LogP contribution in [0.2, 0.25) is 0 Å². The number of halogens is 3. The van der Waals surface area contributed by atoms with Crippen molar-refractivity contribution in [3.05, 3.63) is 12.2 Å². The third-order valence-electron chi connectivity index (χ3n) is 0.967. The fourth-order valence-corrected chi connectivity index (χ4v) is 0.546. The average Bonchev–Trinajstić information content (AvgIpc) is 1.55. The molecule has 0 rings (SSSR count). The van der Waals surface area contributed by atoms with Crippen molar-refractivity contribution in [3.8, 4) is 0 Å². The molecule has 0 aliphatic rings. The van der Waals surface area contributed by atoms with Gasteiger partial charge in [-0.1, -0.05) is 32.9 Å². The maximum atomic E-state index is 11.6. The molecule has 0 saturated carbocycles. The Morgan fingerprint density at radius 1 is 1.09 bits per heavy atom. The first kappa shape index (κ1) is 10.5. The van der Waals surface area contributed by atoms with Gasteiger partial charge in [-0.3, -0.25) is 0 Å². The largest absolute Gasteiger partial charge is 0.392 e. The first-order valence-corrected chi connectivity index (χ1v) is 3.45. The topological polar surface area (TPSA) is 0 Å². The summed E-state index contributed by atoms with van der Waals surface area (Å²) in [5.41, 5.74) is -0.161. The Balaban J connectivity index is 3.80. The van der Waals surface area contributed by atoms with E-state index in [2.05, 4.69) is 0 Å². The number of alkyl halides is 3. The van der Waals surface area contributed by atoms with Gasteiger partial charge >= 0.3 is 6.18 Å². The Hall–Kier alpha value is -0.470. The predicted molar refractivity (Wildman–Crippen MR) is 39.3 cm³/mol. The molecule has 3 heteroatoms. The molecule has 0 heterocycles. The van der Waals surface area contributed by atoms with E-state index in [1.54, 1.807) is 6.08 Å². The van der Waals surface area contributed by atoms with Crippen LogP contribution in [0.1, 0.15) is 27.2 Å². The second-order valence-corrected chi connectivity index (χ2v) is 3.59. The lowest BCUT2D eigenvalue weighted by molar-refractivity contribution is -0.125. The highest BCUT2D eigenvalue weighted by atomic mass is 19.4. The quantitative estimate of drug-likeness (QED) is 0.522. The molecule has 0 aromatic rings. The van der Waals surface area contributed by atoms with Crippen LogP contribution in [0.5, 0.6) is 0 Å². The van der Waals surface area contributed by atoms with E-state index in [1.165, 1.54) is 6.08 Å². The van der Waals surface area contributed by atoms with Crippen LogP contribution in [-0.4, -0.2) is 6.18 Å². The van der Waals surface area contributed by atoms with Crippen LogP contribution in [0.4, 0.5) is 13.2 Å². The van der Waals surface area contributed by atoms with Crippen LogP contribution >= 0.6 is 0 Å². The van der Waals surface area contributed by atoms with E-state index in [0.29, 0.717) is 0 Å². The molecule has 0 unspecified atom stereocenters. The molecule has 0 radical (unpaired) electrons. The molecule has 0 saturated heterocycles. The van der Waals surface area contributed by atoms with Crippen molar-refractivity contribution in [3.63, 3.8) is 0 Å². The Morgan fingerprint density at radius 3 is 1.82 bits per heavy atom. The summed E-state index contributed by atoms with van der Waals surface area (Å²) in [4.78, 5) is 0. The van der Waals surface area contributed by atoms with Gasteiger partial charge in [0.05, 0.1) is 6.42 Å². The minimum Gasteiger partial charge on any atom is -0.171 e. The summed E-state index contributed by atoms with van der Waals surface area (Å²) in [6.07, 6.45) is -2.16. The van der Waals surface area contributed by atoms with Crippen molar-refractivity contribution in [1.82, 2.24) is 0 Å². The molecule has 66 valence electrons. The summed E-state index contributed by atoms with van der Waals surface area (Å²) in [7, 11) is 0. The zero-order chi connectivity index (χ0) is 9.12. The van der Waals surface area contributed by atoms with Crippen molar-refractivity contribution >= 4 is 0 Å². The van der Waals surface area contributed by atoms with Gasteiger partial charge in [0.1, 0.15) is 0 Å². The van der Waals surface area contributed by atoms with E-state index in [4.69, 9.17) is 0 Å². The van der Waals surface area contributed by atoms with Gasteiger partial charge in [-0.2, -0.15) is 13.2 Å². The van der Waals surface area contributed by atoms with Gasteiger partial charge in [0.25, 0.3) is 0 Å². The van der Waals surface area contributed by atoms with Crippen molar-refractivity contribution in [2.45, 2.75) is 33.4 Å². The van der Waals surface area contributed by atoms with E-state index < -0.39 is 12.6 Å². The molecule has 0 spiro atoms. The Bertz CT molecular complexity index is 136. The summed E-state index contributed by atoms with van der Waals surface area (Å²) in [6.45, 7) is 5.58. The normalized spacial score (nSPS) is 14.4. The van der Waals surface area contributed by atoms with E-state index in [-0.39, 0.29) is 5.41 Å². The minimum atomic E-state index is -4.07. The fourth-order valence-electron chi connectivity index (χ4n) is 0.546. The van der Waals surface area contributed by atoms with Crippen LogP contribution in [0, 0.1) is 5.41 Å². The lowest BCUT2D eigenvalue weighted by Crippen LogP contribution is -2.06. The highest BCUT2D eigenvalue weighted by Gasteiger charge is 2.24. The van der Waals surface area contributed by atoms with Crippen LogP contribution in [0.3, 0.4) is 0 Å². The molecule has 0 atom stereocenters. The zero-order valence-corrected chi connectivity index (χ0v) is 7.00. The number of rotatable bonds is 1. The van der Waals surface area contributed by atoms with Gasteiger partial charge in [-0.15, -0.1) is 0 Å². The van der Waals surface area contributed by atoms with Crippen LogP contribution in [0.25, 0.3) is 0 Å². The van der Waals surface area contributed by atoms with Gasteiger partial charge in [0, 0.05) is 0 Å². The molecule has 0 aliphatic carbocycles. The Labute approximate surface area is 65.1 Å². The van der Waals surface area contributed by atoms with Gasteiger partial charge in [0.2, 0.25) is 0 Å². The SMILES string of the molecule is CC(C)(C)/C=C/CC(F)(F)F. The molecule has 0 fully saturated rings. The molecular formula is C8H13F3. The fraction of sp³-hybridized carbons (Fsp3) is 0.750. The Kier molecular flexibility index (Phi) is 3.14. The lowest BCUT2D eigenvalue weighted by atomic mass is 9.96. The minimum absolute atomic E-state index is 0.161. The molecule has 0 bridgehead atoms. The van der Waals surface area contributed by atoms with Crippen molar-refractivity contribution < 1.29 is 13.2 Å². The Morgan fingerprint density at radius 2 is 1.55 bits per heavy atom. The highest BCUT2D eigenvalue weighted by molar-refractivity contribution is 4.93. The number of allylic oxidation sites excluding steroid dienone is 2. The smallest absolute Gasteiger partial charge is 0.171 e. The van der Waals surface area contributed by atoms with E-state index in [9.17, 15) is 13.2 Å². The average molecular weight is 166 g/mol. The van der Waals surface area contributed by atoms with E-state index >= 15 is 0 Å². The van der Waals surface area contributed by atoms with Gasteiger partial charge in [0.15, 0.2) is 0 Å². The molecule has 0 aromatic carbocycles. The summed E-state index contributed by atoms with van der Waals surface area (Å²) in [5, 5.41) is 0. The third-order valence-corrected chi connectivity index (χ3v) is 0.967. The molecule has 11 heavy (non-hydrogen) atoms. The second-order valence-electron chi connectivity index (χ2n) is 3.59. The maximum Gasteiger partial charge on any atom is 0.392 e. The van der Waals surface area contributed by atoms with Crippen molar-refractivity contribution in [1.29, 1.82) is 0 Å². The van der Waals surface area contributed by atoms with Crippen LogP contribution < -0.4 is 0 Å². The number of hydrogen-bond donors (Lipinski definition) is 0. The standard InChI is InChI=1S/C8H13F3/c1-7(2,3)5-4-6-8(9,10)11/h4-5H,6H2,1-3H3/b5-4+. The van der Waals surface area contributed by atoms with Gasteiger partial charge in [-0.25, -0.2) is 0 Å². The number of hydrogen-bond acceptors (Lipinski definition) is 0. The molecule has 0 aliphatic heterocycles. The lowest BCUT2D eigenvalue weighted by Gasteiger charge is -2.11. The van der Waals surface area contributed by atoms with E-state index in [1.807, 2.05) is 20.8 Å². The first-order valence-electron chi connectivity index (χ1n) is 3.45. The summed E-state index contributed by atoms with van der Waals surface area (Å²) in [5.74, 6) is 0. The van der Waals surface area contributed by atoms with E-state index in [0.717, 1.165) is 0 Å². The van der Waals surface area contributed by atoms with Crippen molar-refractivity contribution in [2.24, 2.45) is 5.41 Å². The molecular weight excluding hydrogens is 153 g/mol. The molecule has 0 amide bonds. The molecule has 0 nitrogen and oxygen atoms in total. The summed E-state index contributed by atoms with van der Waals surface area (Å²) in [6, 6.07) is 0. The van der Waals surface area contributed by atoms with Gasteiger partial charge < -0.3 is 0 Å². The van der Waals surface area contributed by atoms with Crippen molar-refractivity contribution in [2.75, 3.05) is 0 Å². The second kappa shape index (κ2) is 3.28. The first-order chi connectivity index (χ1) is 4.71. The summed E-state index contributed by atoms with van der Waals surface area (Å²) >= 11 is 0. The van der Waals surface area contributed by atoms with Crippen LogP contribution in [0.15, 0.2) is 12.2 Å². The summed E-state index contributed by atoms with van der Waals surface area (Å²) < 4.78 is 34.7.